The van der Waals surface area contributed by atoms with Crippen LogP contribution in [0.5, 0.6) is 0 Å². The van der Waals surface area contributed by atoms with E-state index in [4.69, 9.17) is 38.5 Å². The molecule has 0 amide bonds. The maximum Gasteiger partial charge on any atom is 0 e. The Morgan fingerprint density at radius 2 is 0.667 bits per heavy atom. The molecular weight excluding hydrogens is 325 g/mol. The van der Waals surface area contributed by atoms with Crippen molar-refractivity contribution in [2.75, 3.05) is 0 Å². The maximum absolute atomic E-state index is 8.88. The van der Waals surface area contributed by atoms with Crippen LogP contribution in [0, 0.1) is 0 Å². The molecule has 1 radical (unpaired) electrons. The molecule has 0 atom stereocenters. The molecule has 15 heavy (non-hydrogen) atoms. The van der Waals surface area contributed by atoms with Crippen molar-refractivity contribution >= 4 is 61.8 Å². The standard InChI is InChI=1S/BH3.Fe.2Li.Mn.2H3O4P.2H/c;;;;;2*1-5(2,3)4;;/h1H3;;;;;2*(H3,1,2,3,4);;. The van der Waals surface area contributed by atoms with E-state index in [-0.39, 0.29) is 80.3 Å². The van der Waals surface area contributed by atoms with Crippen molar-refractivity contribution in [2.24, 2.45) is 0 Å². The summed E-state index contributed by atoms with van der Waals surface area (Å²) in [6.07, 6.45) is 0. The van der Waals surface area contributed by atoms with E-state index in [1.165, 1.54) is 0 Å². The molecule has 15 heteroatoms. The van der Waals surface area contributed by atoms with Crippen LogP contribution in [0.4, 0.5) is 0 Å². The number of hydrogen-bond acceptors (Lipinski definition) is 2. The van der Waals surface area contributed by atoms with E-state index in [1.807, 2.05) is 0 Å². The first kappa shape index (κ1) is 43.2. The first-order valence-electron chi connectivity index (χ1n) is 1.57. The van der Waals surface area contributed by atoms with Crippen LogP contribution in [-0.4, -0.2) is 75.5 Å². The van der Waals surface area contributed by atoms with Crippen LogP contribution < -0.4 is 0 Å². The van der Waals surface area contributed by atoms with Crippen molar-refractivity contribution in [1.29, 1.82) is 0 Å². The monoisotopic (exact) mass is 337 g/mol. The smallest absolute Gasteiger partial charge is 0 e. The fourth-order valence-corrected chi connectivity index (χ4v) is 0. The number of hydrogen-bond donors (Lipinski definition) is 6. The molecule has 0 aliphatic carbocycles. The van der Waals surface area contributed by atoms with E-state index in [1.54, 1.807) is 0 Å². The summed E-state index contributed by atoms with van der Waals surface area (Å²) in [7, 11) is -9.28. The van der Waals surface area contributed by atoms with Crippen molar-refractivity contribution < 1.29 is 72.6 Å². The van der Waals surface area contributed by atoms with Gasteiger partial charge in [0, 0.05) is 34.1 Å². The van der Waals surface area contributed by atoms with Crippen molar-refractivity contribution in [3.63, 3.8) is 0 Å². The molecule has 8 nitrogen and oxygen atoms in total. The molecule has 6 N–H and O–H groups in total. The molecule has 0 aliphatic heterocycles. The summed E-state index contributed by atoms with van der Waals surface area (Å²) in [5.41, 5.74) is 0. The summed E-state index contributed by atoms with van der Waals surface area (Å²) in [4.78, 5) is 43.1. The van der Waals surface area contributed by atoms with Crippen molar-refractivity contribution in [1.82, 2.24) is 0 Å². The molecule has 0 aromatic heterocycles. The molecule has 0 spiro atoms. The van der Waals surface area contributed by atoms with Gasteiger partial charge in [-0.3, -0.25) is 0 Å². The third-order valence-electron chi connectivity index (χ3n) is 0. The Kier molecular flexibility index (Phi) is 54.4. The summed E-state index contributed by atoms with van der Waals surface area (Å²) >= 11 is 0. The quantitative estimate of drug-likeness (QED) is 0.191. The van der Waals surface area contributed by atoms with Gasteiger partial charge in [-0.1, -0.05) is 0 Å². The van der Waals surface area contributed by atoms with E-state index >= 15 is 0 Å². The van der Waals surface area contributed by atoms with Crippen LogP contribution in [0.15, 0.2) is 0 Å². The minimum atomic E-state index is -4.64. The van der Waals surface area contributed by atoms with Gasteiger partial charge in [0.1, 0.15) is 0 Å². The molecule has 0 aromatic rings. The molecule has 0 unspecified atom stereocenters. The predicted molar refractivity (Wildman–Crippen MR) is 52.8 cm³/mol. The van der Waals surface area contributed by atoms with Gasteiger partial charge < -0.3 is 29.4 Å². The average Bonchev–Trinajstić information content (AvgIpc) is 1.12. The summed E-state index contributed by atoms with van der Waals surface area (Å²) in [5, 5.41) is 0. The van der Waals surface area contributed by atoms with E-state index in [0.29, 0.717) is 0 Å². The van der Waals surface area contributed by atoms with Gasteiger partial charge in [-0.25, -0.2) is 9.13 Å². The summed E-state index contributed by atoms with van der Waals surface area (Å²) < 4.78 is 17.8. The minimum absolute atomic E-state index is 0. The van der Waals surface area contributed by atoms with Crippen molar-refractivity contribution in [3.8, 4) is 0 Å². The molecule has 0 rings (SSSR count). The van der Waals surface area contributed by atoms with Crippen LogP contribution in [0.2, 0.25) is 0 Å². The molecule has 0 aromatic carbocycles. The fraction of sp³-hybridized carbons (Fsp3) is 0. The molecule has 0 saturated heterocycles. The van der Waals surface area contributed by atoms with Gasteiger partial charge in [-0.15, -0.1) is 0 Å². The van der Waals surface area contributed by atoms with Crippen LogP contribution in [0.1, 0.15) is 0 Å². The normalized spacial score (nSPS) is 7.87. The molecular formula is H11BFeLi2MnO8P2. The number of rotatable bonds is 0. The Labute approximate surface area is 133 Å². The minimum Gasteiger partial charge on any atom is 0 e. The topological polar surface area (TPSA) is 156 Å². The van der Waals surface area contributed by atoms with Gasteiger partial charge in [-0.05, 0) is 0 Å². The van der Waals surface area contributed by atoms with Gasteiger partial charge in [0.05, 0.1) is 8.41 Å². The van der Waals surface area contributed by atoms with E-state index < -0.39 is 15.6 Å². The van der Waals surface area contributed by atoms with Gasteiger partial charge >= 0.3 is 53.4 Å². The first-order valence-corrected chi connectivity index (χ1v) is 4.70. The van der Waals surface area contributed by atoms with Crippen LogP contribution >= 0.6 is 15.6 Å². The second kappa shape index (κ2) is 18.9. The number of phosphoric acid groups is 2. The predicted octanol–water partition coefficient (Wildman–Crippen LogP) is -4.34. The molecule has 0 aliphatic rings. The SMILES string of the molecule is B.O=P(O)(O)O.O=P(O)(O)O.[Fe].[LiH].[LiH].[Mn]. The molecule has 0 fully saturated rings. The van der Waals surface area contributed by atoms with Crippen LogP contribution in [0.25, 0.3) is 0 Å². The van der Waals surface area contributed by atoms with E-state index in [2.05, 4.69) is 0 Å². The van der Waals surface area contributed by atoms with Gasteiger partial charge in [0.25, 0.3) is 0 Å². The van der Waals surface area contributed by atoms with Crippen molar-refractivity contribution in [3.05, 3.63) is 0 Å². The Balaban J connectivity index is -0.0000000128. The zero-order valence-corrected chi connectivity index (χ0v) is 9.20. The van der Waals surface area contributed by atoms with Gasteiger partial charge in [0.2, 0.25) is 0 Å². The third kappa shape index (κ3) is 549. The van der Waals surface area contributed by atoms with Gasteiger partial charge in [0.15, 0.2) is 0 Å². The largest absolute Gasteiger partial charge is 0 e. The summed E-state index contributed by atoms with van der Waals surface area (Å²) in [6, 6.07) is 0. The average molecular weight is 337 g/mol. The Morgan fingerprint density at radius 1 is 0.667 bits per heavy atom. The zero-order chi connectivity index (χ0) is 9.00. The molecule has 0 heterocycles. The molecule has 0 saturated carbocycles. The molecule has 89 valence electrons. The second-order valence-electron chi connectivity index (χ2n) is 1.03. The molecule has 0 bridgehead atoms. The van der Waals surface area contributed by atoms with Crippen LogP contribution in [-0.2, 0) is 43.3 Å². The summed E-state index contributed by atoms with van der Waals surface area (Å²) in [6.45, 7) is 0. The maximum atomic E-state index is 8.88. The van der Waals surface area contributed by atoms with Crippen molar-refractivity contribution in [2.45, 2.75) is 0 Å². The first-order chi connectivity index (χ1) is 4.00. The Hall–Kier alpha value is 2.52. The zero-order valence-electron chi connectivity index (χ0n) is 5.13. The van der Waals surface area contributed by atoms with E-state index in [9.17, 15) is 0 Å². The fourth-order valence-electron chi connectivity index (χ4n) is 0. The third-order valence-corrected chi connectivity index (χ3v) is 0. The second-order valence-corrected chi connectivity index (χ2v) is 3.08. The Morgan fingerprint density at radius 3 is 0.667 bits per heavy atom. The van der Waals surface area contributed by atoms with E-state index in [0.717, 1.165) is 0 Å². The summed E-state index contributed by atoms with van der Waals surface area (Å²) in [5.74, 6) is 0. The van der Waals surface area contributed by atoms with Gasteiger partial charge in [-0.2, -0.15) is 0 Å². The van der Waals surface area contributed by atoms with Crippen LogP contribution in [0.3, 0.4) is 0 Å². The Bertz CT molecular complexity index is 143.